The molecule has 5 heteroatoms. The number of nitrogens with zero attached hydrogens (tertiary/aromatic N) is 1. The zero-order valence-corrected chi connectivity index (χ0v) is 14.3. The van der Waals surface area contributed by atoms with Crippen molar-refractivity contribution < 1.29 is 13.5 Å². The van der Waals surface area contributed by atoms with Crippen molar-refractivity contribution in [2.24, 2.45) is 0 Å². The molecular formula is C20H20F2N2O. The number of nitrogens with one attached hydrogen (secondary N) is 1. The molecule has 0 aliphatic rings. The van der Waals surface area contributed by atoms with Crippen LogP contribution in [0.4, 0.5) is 14.6 Å². The molecule has 0 spiro atoms. The van der Waals surface area contributed by atoms with Crippen LogP contribution in [0.15, 0.2) is 42.6 Å². The van der Waals surface area contributed by atoms with E-state index in [2.05, 4.69) is 17.2 Å². The fraction of sp³-hybridized carbons (Fsp3) is 0.250. The van der Waals surface area contributed by atoms with Crippen LogP contribution in [0.5, 0.6) is 5.75 Å². The lowest BCUT2D eigenvalue weighted by Crippen LogP contribution is -2.04. The Labute approximate surface area is 145 Å². The second-order valence-electron chi connectivity index (χ2n) is 5.81. The highest BCUT2D eigenvalue weighted by Crippen LogP contribution is 2.38. The zero-order valence-electron chi connectivity index (χ0n) is 14.3. The van der Waals surface area contributed by atoms with Crippen LogP contribution in [-0.4, -0.2) is 18.6 Å². The second-order valence-corrected chi connectivity index (χ2v) is 5.81. The summed E-state index contributed by atoms with van der Waals surface area (Å²) in [6.07, 6.45) is 3.62. The predicted octanol–water partition coefficient (Wildman–Crippen LogP) is 5.40. The molecule has 0 aliphatic heterocycles. The number of halogens is 2. The standard InChI is InChI=1S/C20H20F2N2O/c1-3-4-10-23-20-14-6-5-7-17(22)19(14)16(12-24-20)15-11-13(21)8-9-18(15)25-2/h5-9,11-12H,3-4,10H2,1-2H3,(H,23,24). The number of hydrogen-bond donors (Lipinski definition) is 1. The fourth-order valence-corrected chi connectivity index (χ4v) is 2.88. The fourth-order valence-electron chi connectivity index (χ4n) is 2.88. The lowest BCUT2D eigenvalue weighted by Gasteiger charge is -2.15. The van der Waals surface area contributed by atoms with Crippen LogP contribution >= 0.6 is 0 Å². The topological polar surface area (TPSA) is 34.2 Å². The van der Waals surface area contributed by atoms with Gasteiger partial charge in [-0.2, -0.15) is 0 Å². The van der Waals surface area contributed by atoms with E-state index in [1.807, 2.05) is 6.07 Å². The van der Waals surface area contributed by atoms with Crippen molar-refractivity contribution in [2.45, 2.75) is 19.8 Å². The first-order chi connectivity index (χ1) is 12.2. The van der Waals surface area contributed by atoms with Crippen LogP contribution in [0, 0.1) is 11.6 Å². The van der Waals surface area contributed by atoms with Crippen molar-refractivity contribution in [1.82, 2.24) is 4.98 Å². The molecule has 0 atom stereocenters. The molecule has 1 aromatic heterocycles. The first-order valence-corrected chi connectivity index (χ1v) is 8.30. The van der Waals surface area contributed by atoms with E-state index in [-0.39, 0.29) is 5.82 Å². The predicted molar refractivity (Wildman–Crippen MR) is 97.0 cm³/mol. The molecule has 0 bridgehead atoms. The van der Waals surface area contributed by atoms with Crippen molar-refractivity contribution in [3.63, 3.8) is 0 Å². The van der Waals surface area contributed by atoms with E-state index < -0.39 is 5.82 Å². The first kappa shape index (κ1) is 17.1. The average Bonchev–Trinajstić information content (AvgIpc) is 2.62. The van der Waals surface area contributed by atoms with Gasteiger partial charge in [0.15, 0.2) is 0 Å². The van der Waals surface area contributed by atoms with Crippen molar-refractivity contribution in [1.29, 1.82) is 0 Å². The first-order valence-electron chi connectivity index (χ1n) is 8.30. The minimum Gasteiger partial charge on any atom is -0.496 e. The summed E-state index contributed by atoms with van der Waals surface area (Å²) < 4.78 is 33.7. The number of benzene rings is 2. The molecule has 0 amide bonds. The van der Waals surface area contributed by atoms with Gasteiger partial charge in [-0.1, -0.05) is 25.5 Å². The highest BCUT2D eigenvalue weighted by molar-refractivity contribution is 6.03. The van der Waals surface area contributed by atoms with E-state index in [0.29, 0.717) is 33.5 Å². The van der Waals surface area contributed by atoms with E-state index in [1.54, 1.807) is 12.3 Å². The number of unbranched alkanes of at least 4 members (excludes halogenated alkanes) is 1. The number of anilines is 1. The van der Waals surface area contributed by atoms with Crippen molar-refractivity contribution >= 4 is 16.6 Å². The molecule has 0 saturated carbocycles. The maximum absolute atomic E-state index is 14.6. The van der Waals surface area contributed by atoms with E-state index in [9.17, 15) is 8.78 Å². The largest absolute Gasteiger partial charge is 0.496 e. The van der Waals surface area contributed by atoms with Crippen LogP contribution in [0.3, 0.4) is 0 Å². The minimum atomic E-state index is -0.412. The number of rotatable bonds is 6. The van der Waals surface area contributed by atoms with Crippen molar-refractivity contribution in [3.05, 3.63) is 54.2 Å². The summed E-state index contributed by atoms with van der Waals surface area (Å²) >= 11 is 0. The Morgan fingerprint density at radius 3 is 2.72 bits per heavy atom. The third-order valence-electron chi connectivity index (χ3n) is 4.14. The lowest BCUT2D eigenvalue weighted by molar-refractivity contribution is 0.415. The average molecular weight is 342 g/mol. The third kappa shape index (κ3) is 3.40. The molecule has 2 aromatic carbocycles. The Kier molecular flexibility index (Phi) is 5.12. The third-order valence-corrected chi connectivity index (χ3v) is 4.14. The van der Waals surface area contributed by atoms with E-state index in [1.165, 1.54) is 31.4 Å². The Morgan fingerprint density at radius 2 is 1.96 bits per heavy atom. The van der Waals surface area contributed by atoms with Gasteiger partial charge in [-0.3, -0.25) is 0 Å². The quantitative estimate of drug-likeness (QED) is 0.609. The molecule has 25 heavy (non-hydrogen) atoms. The van der Waals surface area contributed by atoms with E-state index in [0.717, 1.165) is 19.4 Å². The summed E-state index contributed by atoms with van der Waals surface area (Å²) in [6, 6.07) is 9.05. The van der Waals surface area contributed by atoms with Gasteiger partial charge in [-0.25, -0.2) is 13.8 Å². The molecule has 0 radical (unpaired) electrons. The molecule has 0 aliphatic carbocycles. The van der Waals surface area contributed by atoms with E-state index in [4.69, 9.17) is 4.74 Å². The van der Waals surface area contributed by atoms with Gasteiger partial charge in [0.25, 0.3) is 0 Å². The molecule has 0 saturated heterocycles. The highest BCUT2D eigenvalue weighted by Gasteiger charge is 2.16. The Balaban J connectivity index is 2.21. The van der Waals surface area contributed by atoms with Gasteiger partial charge in [-0.15, -0.1) is 0 Å². The van der Waals surface area contributed by atoms with Crippen molar-refractivity contribution in [2.75, 3.05) is 19.0 Å². The zero-order chi connectivity index (χ0) is 17.8. The van der Waals surface area contributed by atoms with Gasteiger partial charge < -0.3 is 10.1 Å². The summed E-state index contributed by atoms with van der Waals surface area (Å²) in [7, 11) is 1.50. The molecule has 3 nitrogen and oxygen atoms in total. The summed E-state index contributed by atoms with van der Waals surface area (Å²) in [5.74, 6) is 0.312. The van der Waals surface area contributed by atoms with Gasteiger partial charge in [0, 0.05) is 34.6 Å². The Bertz CT molecular complexity index is 896. The number of methoxy groups -OCH3 is 1. The van der Waals surface area contributed by atoms with Crippen LogP contribution in [0.1, 0.15) is 19.8 Å². The molecule has 1 heterocycles. The Hall–Kier alpha value is -2.69. The van der Waals surface area contributed by atoms with Gasteiger partial charge in [0.1, 0.15) is 23.2 Å². The number of ether oxygens (including phenoxy) is 1. The lowest BCUT2D eigenvalue weighted by atomic mass is 9.99. The molecule has 0 unspecified atom stereocenters. The van der Waals surface area contributed by atoms with E-state index >= 15 is 0 Å². The van der Waals surface area contributed by atoms with Gasteiger partial charge >= 0.3 is 0 Å². The summed E-state index contributed by atoms with van der Waals surface area (Å²) in [6.45, 7) is 2.87. The smallest absolute Gasteiger partial charge is 0.133 e. The number of pyridine rings is 1. The molecule has 3 rings (SSSR count). The monoisotopic (exact) mass is 342 g/mol. The second kappa shape index (κ2) is 7.47. The molecule has 3 aromatic rings. The molecule has 1 N–H and O–H groups in total. The summed E-state index contributed by atoms with van der Waals surface area (Å²) in [5, 5.41) is 4.32. The van der Waals surface area contributed by atoms with Gasteiger partial charge in [0.2, 0.25) is 0 Å². The SMILES string of the molecule is CCCCNc1ncc(-c2cc(F)ccc2OC)c2c(F)cccc12. The molecular weight excluding hydrogens is 322 g/mol. The summed E-state index contributed by atoms with van der Waals surface area (Å²) in [4.78, 5) is 4.45. The maximum Gasteiger partial charge on any atom is 0.133 e. The summed E-state index contributed by atoms with van der Waals surface area (Å²) in [5.41, 5.74) is 0.982. The minimum absolute atomic E-state index is 0.375. The van der Waals surface area contributed by atoms with Gasteiger partial charge in [0.05, 0.1) is 7.11 Å². The highest BCUT2D eigenvalue weighted by atomic mass is 19.1. The number of aromatic nitrogens is 1. The van der Waals surface area contributed by atoms with Crippen LogP contribution in [0.25, 0.3) is 21.9 Å². The molecule has 0 fully saturated rings. The molecule has 130 valence electrons. The normalized spacial score (nSPS) is 10.9. The van der Waals surface area contributed by atoms with Crippen LogP contribution in [-0.2, 0) is 0 Å². The number of fused-ring (bicyclic) bond motifs is 1. The van der Waals surface area contributed by atoms with Gasteiger partial charge in [-0.05, 0) is 30.7 Å². The number of hydrogen-bond acceptors (Lipinski definition) is 3. The van der Waals surface area contributed by atoms with Crippen LogP contribution < -0.4 is 10.1 Å². The maximum atomic E-state index is 14.6. The Morgan fingerprint density at radius 1 is 1.12 bits per heavy atom. The van der Waals surface area contributed by atoms with Crippen molar-refractivity contribution in [3.8, 4) is 16.9 Å². The van der Waals surface area contributed by atoms with Crippen LogP contribution in [0.2, 0.25) is 0 Å².